The summed E-state index contributed by atoms with van der Waals surface area (Å²) in [6, 6.07) is 1.56. The average molecular weight is 245 g/mol. The summed E-state index contributed by atoms with van der Waals surface area (Å²) in [6.07, 6.45) is 6.06. The van der Waals surface area contributed by atoms with E-state index in [1.165, 1.54) is 0 Å². The average Bonchev–Trinajstić information content (AvgIpc) is 2.87. The van der Waals surface area contributed by atoms with E-state index in [1.807, 2.05) is 29.1 Å². The number of hydrogen-bond acceptors (Lipinski definition) is 3. The van der Waals surface area contributed by atoms with Gasteiger partial charge in [0.15, 0.2) is 5.43 Å². The van der Waals surface area contributed by atoms with Crippen molar-refractivity contribution in [1.29, 1.82) is 0 Å². The smallest absolute Gasteiger partial charge is 0.185 e. The number of thiazole rings is 1. The third-order valence-electron chi connectivity index (χ3n) is 2.86. The van der Waals surface area contributed by atoms with Crippen LogP contribution in [0.25, 0.3) is 4.83 Å². The third-order valence-corrected chi connectivity index (χ3v) is 3.66. The minimum Gasteiger partial charge on any atom is -0.365 e. The molecule has 3 heterocycles. The Balaban J connectivity index is 2.09. The lowest BCUT2D eigenvalue weighted by atomic mass is 10.1. The van der Waals surface area contributed by atoms with E-state index >= 15 is 0 Å². The largest absolute Gasteiger partial charge is 0.365 e. The zero-order valence-electron chi connectivity index (χ0n) is 9.30. The molecule has 3 rings (SSSR count). The standard InChI is InChI=1S/C12H11N3OS/c1-8-9(10(16)2-3-13-8)6-11-14-7-12-15(11)4-5-17-12/h2-5,7H,6H2,1H3,(H,13,16). The molecule has 0 fully saturated rings. The first-order chi connectivity index (χ1) is 8.25. The second-order valence-electron chi connectivity index (χ2n) is 3.91. The van der Waals surface area contributed by atoms with Gasteiger partial charge in [-0.3, -0.25) is 9.20 Å². The molecule has 0 unspecified atom stereocenters. The van der Waals surface area contributed by atoms with E-state index in [-0.39, 0.29) is 5.43 Å². The Labute approximate surface area is 102 Å². The molecule has 0 aliphatic rings. The molecule has 86 valence electrons. The van der Waals surface area contributed by atoms with Crippen molar-refractivity contribution in [2.45, 2.75) is 13.3 Å². The highest BCUT2D eigenvalue weighted by Gasteiger charge is 2.09. The van der Waals surface area contributed by atoms with E-state index in [2.05, 4.69) is 9.97 Å². The monoisotopic (exact) mass is 245 g/mol. The zero-order valence-corrected chi connectivity index (χ0v) is 10.1. The molecule has 17 heavy (non-hydrogen) atoms. The molecule has 0 radical (unpaired) electrons. The number of aromatic nitrogens is 3. The first-order valence-electron chi connectivity index (χ1n) is 5.32. The Morgan fingerprint density at radius 3 is 3.24 bits per heavy atom. The normalized spacial score (nSPS) is 11.1. The van der Waals surface area contributed by atoms with Crippen LogP contribution in [0.2, 0.25) is 0 Å². The number of nitrogens with zero attached hydrogens (tertiary/aromatic N) is 2. The van der Waals surface area contributed by atoms with Gasteiger partial charge in [0.1, 0.15) is 10.7 Å². The molecular weight excluding hydrogens is 234 g/mol. The van der Waals surface area contributed by atoms with E-state index in [0.29, 0.717) is 6.42 Å². The lowest BCUT2D eigenvalue weighted by molar-refractivity contribution is 0.939. The van der Waals surface area contributed by atoms with Gasteiger partial charge in [0.2, 0.25) is 0 Å². The van der Waals surface area contributed by atoms with Crippen molar-refractivity contribution in [2.75, 3.05) is 0 Å². The van der Waals surface area contributed by atoms with Crippen molar-refractivity contribution in [1.82, 2.24) is 14.4 Å². The second-order valence-corrected chi connectivity index (χ2v) is 4.83. The minimum atomic E-state index is 0.0632. The van der Waals surface area contributed by atoms with Crippen LogP contribution in [0.15, 0.2) is 34.8 Å². The highest BCUT2D eigenvalue weighted by atomic mass is 32.1. The molecule has 0 saturated carbocycles. The summed E-state index contributed by atoms with van der Waals surface area (Å²) >= 11 is 1.64. The second kappa shape index (κ2) is 3.85. The lowest BCUT2D eigenvalue weighted by Gasteiger charge is -2.02. The topological polar surface area (TPSA) is 50.2 Å². The first-order valence-corrected chi connectivity index (χ1v) is 6.20. The summed E-state index contributed by atoms with van der Waals surface area (Å²) in [5.74, 6) is 0.904. The van der Waals surface area contributed by atoms with Crippen LogP contribution in [0.1, 0.15) is 17.1 Å². The van der Waals surface area contributed by atoms with Crippen LogP contribution >= 0.6 is 11.3 Å². The maximum atomic E-state index is 11.8. The molecule has 0 aliphatic carbocycles. The fourth-order valence-electron chi connectivity index (χ4n) is 1.91. The number of fused-ring (bicyclic) bond motifs is 1. The van der Waals surface area contributed by atoms with Gasteiger partial charge < -0.3 is 4.98 Å². The molecule has 0 spiro atoms. The van der Waals surface area contributed by atoms with Gasteiger partial charge in [-0.2, -0.15) is 0 Å². The van der Waals surface area contributed by atoms with Gasteiger partial charge >= 0.3 is 0 Å². The lowest BCUT2D eigenvalue weighted by Crippen LogP contribution is -2.12. The number of nitrogens with one attached hydrogen (secondary N) is 1. The molecule has 3 aromatic heterocycles. The summed E-state index contributed by atoms with van der Waals surface area (Å²) < 4.78 is 2.02. The van der Waals surface area contributed by atoms with Crippen LogP contribution in [0.3, 0.4) is 0 Å². The van der Waals surface area contributed by atoms with E-state index in [1.54, 1.807) is 23.6 Å². The Hall–Kier alpha value is -1.88. The molecule has 0 bridgehead atoms. The van der Waals surface area contributed by atoms with Crippen molar-refractivity contribution in [3.05, 3.63) is 57.3 Å². The number of aromatic amines is 1. The molecule has 4 nitrogen and oxygen atoms in total. The van der Waals surface area contributed by atoms with E-state index < -0.39 is 0 Å². The Bertz CT molecular complexity index is 723. The Kier molecular flexibility index (Phi) is 2.33. The summed E-state index contributed by atoms with van der Waals surface area (Å²) in [7, 11) is 0. The Morgan fingerprint density at radius 2 is 2.41 bits per heavy atom. The highest BCUT2D eigenvalue weighted by Crippen LogP contribution is 2.15. The molecule has 3 aromatic rings. The fourth-order valence-corrected chi connectivity index (χ4v) is 2.63. The van der Waals surface area contributed by atoms with Crippen molar-refractivity contribution >= 4 is 16.2 Å². The maximum Gasteiger partial charge on any atom is 0.185 e. The summed E-state index contributed by atoms with van der Waals surface area (Å²) in [6.45, 7) is 1.91. The maximum absolute atomic E-state index is 11.8. The van der Waals surface area contributed by atoms with Crippen molar-refractivity contribution in [2.24, 2.45) is 0 Å². The number of imidazole rings is 1. The van der Waals surface area contributed by atoms with E-state index in [9.17, 15) is 4.79 Å². The number of pyridine rings is 1. The number of aryl methyl sites for hydroxylation is 1. The van der Waals surface area contributed by atoms with Gasteiger partial charge in [-0.15, -0.1) is 11.3 Å². The molecule has 5 heteroatoms. The first kappa shape index (κ1) is 10.3. The number of H-pyrrole nitrogens is 1. The number of hydrogen-bond donors (Lipinski definition) is 1. The van der Waals surface area contributed by atoms with Crippen LogP contribution in [0.4, 0.5) is 0 Å². The Morgan fingerprint density at radius 1 is 1.53 bits per heavy atom. The van der Waals surface area contributed by atoms with E-state index in [4.69, 9.17) is 0 Å². The van der Waals surface area contributed by atoms with Gasteiger partial charge in [0, 0.05) is 41.5 Å². The predicted octanol–water partition coefficient (Wildman–Crippen LogP) is 1.98. The van der Waals surface area contributed by atoms with Crippen LogP contribution in [-0.4, -0.2) is 14.4 Å². The molecule has 0 saturated heterocycles. The van der Waals surface area contributed by atoms with Crippen LogP contribution in [-0.2, 0) is 6.42 Å². The van der Waals surface area contributed by atoms with Gasteiger partial charge in [0.05, 0.1) is 6.20 Å². The zero-order chi connectivity index (χ0) is 11.8. The van der Waals surface area contributed by atoms with Crippen molar-refractivity contribution in [3.63, 3.8) is 0 Å². The number of rotatable bonds is 2. The third kappa shape index (κ3) is 1.68. The molecule has 1 N–H and O–H groups in total. The van der Waals surface area contributed by atoms with E-state index in [0.717, 1.165) is 21.9 Å². The summed E-state index contributed by atoms with van der Waals surface area (Å²) in [5, 5.41) is 2.02. The molecular formula is C12H11N3OS. The van der Waals surface area contributed by atoms with Crippen LogP contribution in [0, 0.1) is 6.92 Å². The SMILES string of the molecule is Cc1[nH]ccc(=O)c1Cc1ncc2sccn12. The van der Waals surface area contributed by atoms with Crippen LogP contribution in [0.5, 0.6) is 0 Å². The molecule has 0 amide bonds. The minimum absolute atomic E-state index is 0.0632. The van der Waals surface area contributed by atoms with Crippen LogP contribution < -0.4 is 5.43 Å². The predicted molar refractivity (Wildman–Crippen MR) is 67.7 cm³/mol. The quantitative estimate of drug-likeness (QED) is 0.750. The fraction of sp³-hybridized carbons (Fsp3) is 0.167. The van der Waals surface area contributed by atoms with Crippen molar-refractivity contribution < 1.29 is 0 Å². The molecule has 0 aliphatic heterocycles. The van der Waals surface area contributed by atoms with Gasteiger partial charge in [-0.1, -0.05) is 0 Å². The summed E-state index contributed by atoms with van der Waals surface area (Å²) in [5.41, 5.74) is 1.75. The van der Waals surface area contributed by atoms with Crippen molar-refractivity contribution in [3.8, 4) is 0 Å². The van der Waals surface area contributed by atoms with Gasteiger partial charge in [-0.25, -0.2) is 4.98 Å². The van der Waals surface area contributed by atoms with Gasteiger partial charge in [0.25, 0.3) is 0 Å². The molecule has 0 aromatic carbocycles. The summed E-state index contributed by atoms with van der Waals surface area (Å²) in [4.78, 5) is 20.3. The molecule has 0 atom stereocenters. The van der Waals surface area contributed by atoms with Gasteiger partial charge in [-0.05, 0) is 6.92 Å². The highest BCUT2D eigenvalue weighted by molar-refractivity contribution is 7.15.